The monoisotopic (exact) mass is 334 g/mol. The first kappa shape index (κ1) is 16.1. The minimum absolute atomic E-state index is 0.0643. The molecule has 0 unspecified atom stereocenters. The van der Waals surface area contributed by atoms with E-state index in [1.165, 1.54) is 10.4 Å². The summed E-state index contributed by atoms with van der Waals surface area (Å²) in [6, 6.07) is 11.1. The molecule has 122 valence electrons. The predicted molar refractivity (Wildman–Crippen MR) is 84.1 cm³/mol. The molecule has 0 aliphatic carbocycles. The summed E-state index contributed by atoms with van der Waals surface area (Å²) in [5, 5.41) is 20.0. The molecule has 0 spiro atoms. The van der Waals surface area contributed by atoms with Gasteiger partial charge in [0.05, 0.1) is 23.6 Å². The SMILES string of the molecule is O=S1(=O)c2ccccc2[C@H](O)[C@H](Cc2ccccn2)N1CCO. The Labute approximate surface area is 135 Å². The Morgan fingerprint density at radius 1 is 1.13 bits per heavy atom. The summed E-state index contributed by atoms with van der Waals surface area (Å²) in [5.41, 5.74) is 1.08. The van der Waals surface area contributed by atoms with Crippen LogP contribution in [0, 0.1) is 0 Å². The van der Waals surface area contributed by atoms with Gasteiger partial charge in [-0.2, -0.15) is 4.31 Å². The van der Waals surface area contributed by atoms with E-state index in [4.69, 9.17) is 0 Å². The van der Waals surface area contributed by atoms with Crippen molar-refractivity contribution < 1.29 is 18.6 Å². The molecule has 2 N–H and O–H groups in total. The van der Waals surface area contributed by atoms with Crippen LogP contribution in [0.15, 0.2) is 53.6 Å². The van der Waals surface area contributed by atoms with Gasteiger partial charge in [-0.05, 0) is 18.2 Å². The molecule has 7 heteroatoms. The molecule has 2 atom stereocenters. The van der Waals surface area contributed by atoms with E-state index in [0.717, 1.165) is 0 Å². The second kappa shape index (κ2) is 6.37. The second-order valence-corrected chi connectivity index (χ2v) is 7.27. The number of rotatable bonds is 4. The van der Waals surface area contributed by atoms with Crippen LogP contribution >= 0.6 is 0 Å². The van der Waals surface area contributed by atoms with Crippen LogP contribution in [0.5, 0.6) is 0 Å². The summed E-state index contributed by atoms with van der Waals surface area (Å²) in [5.74, 6) is 0. The Bertz CT molecular complexity index is 780. The first-order valence-corrected chi connectivity index (χ1v) is 8.79. The third-order valence-electron chi connectivity index (χ3n) is 4.02. The highest BCUT2D eigenvalue weighted by atomic mass is 32.2. The van der Waals surface area contributed by atoms with E-state index >= 15 is 0 Å². The minimum atomic E-state index is -3.76. The molecule has 0 saturated heterocycles. The van der Waals surface area contributed by atoms with Crippen molar-refractivity contribution in [2.24, 2.45) is 0 Å². The number of sulfonamides is 1. The standard InChI is InChI=1S/C16H18N2O4S/c19-10-9-18-14(11-12-5-3-4-8-17-12)16(20)13-6-1-2-7-15(13)23(18,21)22/h1-8,14,16,19-20H,9-11H2/t14-,16-/m0/s1. The maximum Gasteiger partial charge on any atom is 0.243 e. The van der Waals surface area contributed by atoms with Gasteiger partial charge in [0.1, 0.15) is 0 Å². The molecule has 23 heavy (non-hydrogen) atoms. The Kier molecular flexibility index (Phi) is 4.45. The Morgan fingerprint density at radius 2 is 1.87 bits per heavy atom. The third kappa shape index (κ3) is 2.88. The van der Waals surface area contributed by atoms with Gasteiger partial charge in [-0.1, -0.05) is 24.3 Å². The van der Waals surface area contributed by atoms with E-state index in [-0.39, 0.29) is 24.5 Å². The lowest BCUT2D eigenvalue weighted by molar-refractivity contribution is 0.0720. The van der Waals surface area contributed by atoms with Crippen LogP contribution in [0.3, 0.4) is 0 Å². The van der Waals surface area contributed by atoms with Gasteiger partial charge in [0.2, 0.25) is 10.0 Å². The Hall–Kier alpha value is -1.80. The molecule has 1 aromatic carbocycles. The van der Waals surface area contributed by atoms with Gasteiger partial charge in [-0.3, -0.25) is 4.98 Å². The summed E-state index contributed by atoms with van der Waals surface area (Å²) in [6.07, 6.45) is 0.933. The number of nitrogens with zero attached hydrogens (tertiary/aromatic N) is 2. The number of pyridine rings is 1. The summed E-state index contributed by atoms with van der Waals surface area (Å²) in [7, 11) is -3.76. The van der Waals surface area contributed by atoms with Gasteiger partial charge in [0, 0.05) is 30.4 Å². The van der Waals surface area contributed by atoms with Crippen LogP contribution in [0.2, 0.25) is 0 Å². The zero-order valence-electron chi connectivity index (χ0n) is 12.4. The Balaban J connectivity index is 2.07. The average Bonchev–Trinajstić information content (AvgIpc) is 2.57. The van der Waals surface area contributed by atoms with Crippen molar-refractivity contribution in [3.63, 3.8) is 0 Å². The molecule has 1 aliphatic rings. The molecular formula is C16H18N2O4S. The normalized spacial score (nSPS) is 23.4. The molecule has 0 radical (unpaired) electrons. The fraction of sp³-hybridized carbons (Fsp3) is 0.312. The van der Waals surface area contributed by atoms with E-state index < -0.39 is 22.2 Å². The van der Waals surface area contributed by atoms with Crippen molar-refractivity contribution in [2.45, 2.75) is 23.5 Å². The van der Waals surface area contributed by atoms with Crippen LogP contribution in [-0.4, -0.2) is 47.1 Å². The second-order valence-electron chi connectivity index (χ2n) is 5.41. The van der Waals surface area contributed by atoms with Gasteiger partial charge in [0.25, 0.3) is 0 Å². The van der Waals surface area contributed by atoms with E-state index in [1.807, 2.05) is 6.07 Å². The summed E-state index contributed by atoms with van der Waals surface area (Å²) in [4.78, 5) is 4.31. The van der Waals surface area contributed by atoms with Crippen LogP contribution < -0.4 is 0 Å². The highest BCUT2D eigenvalue weighted by molar-refractivity contribution is 7.89. The molecule has 0 saturated carbocycles. The van der Waals surface area contributed by atoms with Crippen LogP contribution in [0.1, 0.15) is 17.4 Å². The smallest absolute Gasteiger partial charge is 0.243 e. The van der Waals surface area contributed by atoms with Crippen molar-refractivity contribution in [3.8, 4) is 0 Å². The summed E-state index contributed by atoms with van der Waals surface area (Å²) >= 11 is 0. The molecule has 6 nitrogen and oxygen atoms in total. The maximum absolute atomic E-state index is 12.8. The van der Waals surface area contributed by atoms with Crippen molar-refractivity contribution in [2.75, 3.05) is 13.2 Å². The van der Waals surface area contributed by atoms with E-state index in [9.17, 15) is 18.6 Å². The average molecular weight is 334 g/mol. The molecule has 3 rings (SSSR count). The van der Waals surface area contributed by atoms with Gasteiger partial charge in [-0.15, -0.1) is 0 Å². The number of aliphatic hydroxyl groups excluding tert-OH is 2. The van der Waals surface area contributed by atoms with Crippen molar-refractivity contribution in [1.29, 1.82) is 0 Å². The largest absolute Gasteiger partial charge is 0.395 e. The fourth-order valence-electron chi connectivity index (χ4n) is 2.96. The van der Waals surface area contributed by atoms with Gasteiger partial charge in [-0.25, -0.2) is 8.42 Å². The number of benzene rings is 1. The van der Waals surface area contributed by atoms with Gasteiger partial charge >= 0.3 is 0 Å². The number of aliphatic hydroxyl groups is 2. The van der Waals surface area contributed by atoms with Gasteiger partial charge in [0.15, 0.2) is 0 Å². The molecule has 0 amide bonds. The molecule has 1 aromatic heterocycles. The van der Waals surface area contributed by atoms with Crippen LogP contribution in [-0.2, 0) is 16.4 Å². The van der Waals surface area contributed by atoms with E-state index in [0.29, 0.717) is 11.3 Å². The van der Waals surface area contributed by atoms with Crippen molar-refractivity contribution in [1.82, 2.24) is 9.29 Å². The van der Waals surface area contributed by atoms with Crippen molar-refractivity contribution >= 4 is 10.0 Å². The molecular weight excluding hydrogens is 316 g/mol. The third-order valence-corrected chi connectivity index (χ3v) is 6.02. The first-order chi connectivity index (χ1) is 11.1. The minimum Gasteiger partial charge on any atom is -0.395 e. The Morgan fingerprint density at radius 3 is 2.57 bits per heavy atom. The quantitative estimate of drug-likeness (QED) is 0.860. The first-order valence-electron chi connectivity index (χ1n) is 7.35. The van der Waals surface area contributed by atoms with Crippen molar-refractivity contribution in [3.05, 3.63) is 59.9 Å². The number of aromatic nitrogens is 1. The number of hydrogen-bond donors (Lipinski definition) is 2. The molecule has 0 bridgehead atoms. The zero-order valence-corrected chi connectivity index (χ0v) is 13.2. The lowest BCUT2D eigenvalue weighted by Gasteiger charge is -2.38. The number of fused-ring (bicyclic) bond motifs is 1. The predicted octanol–water partition coefficient (Wildman–Crippen LogP) is 0.723. The number of hydrogen-bond acceptors (Lipinski definition) is 5. The van der Waals surface area contributed by atoms with E-state index in [1.54, 1.807) is 36.5 Å². The molecule has 1 aliphatic heterocycles. The summed E-state index contributed by atoms with van der Waals surface area (Å²) < 4.78 is 26.8. The maximum atomic E-state index is 12.8. The van der Waals surface area contributed by atoms with Gasteiger partial charge < -0.3 is 10.2 Å². The highest BCUT2D eigenvalue weighted by Gasteiger charge is 2.43. The summed E-state index contributed by atoms with van der Waals surface area (Å²) in [6.45, 7) is -0.377. The topological polar surface area (TPSA) is 90.7 Å². The lowest BCUT2D eigenvalue weighted by Crippen LogP contribution is -2.50. The lowest BCUT2D eigenvalue weighted by atomic mass is 9.97. The van der Waals surface area contributed by atoms with Crippen LogP contribution in [0.25, 0.3) is 0 Å². The number of β-amino-alcohol motifs (C(OH)–C–C–N with tert-alkyl or cyclic N) is 1. The zero-order chi connectivity index (χ0) is 16.4. The van der Waals surface area contributed by atoms with Crippen LogP contribution in [0.4, 0.5) is 0 Å². The molecule has 0 fully saturated rings. The highest BCUT2D eigenvalue weighted by Crippen LogP contribution is 2.37. The fourth-order valence-corrected chi connectivity index (χ4v) is 4.82. The molecule has 2 heterocycles. The molecule has 2 aromatic rings. The van der Waals surface area contributed by atoms with E-state index in [2.05, 4.69) is 4.98 Å².